The Hall–Kier alpha value is -3.80. The first-order valence-corrected chi connectivity index (χ1v) is 9.65. The molecule has 1 amide bonds. The lowest BCUT2D eigenvalue weighted by atomic mass is 10.1. The van der Waals surface area contributed by atoms with E-state index in [1.165, 1.54) is 0 Å². The van der Waals surface area contributed by atoms with E-state index < -0.39 is 0 Å². The van der Waals surface area contributed by atoms with E-state index in [1.54, 1.807) is 7.11 Å². The van der Waals surface area contributed by atoms with Gasteiger partial charge in [0.25, 0.3) is 5.91 Å². The number of aromatic nitrogens is 2. The van der Waals surface area contributed by atoms with Gasteiger partial charge in [-0.1, -0.05) is 17.7 Å². The van der Waals surface area contributed by atoms with Gasteiger partial charge in [-0.2, -0.15) is 0 Å². The monoisotopic (exact) mass is 401 g/mol. The average Bonchev–Trinajstić information content (AvgIpc) is 3.16. The highest BCUT2D eigenvalue weighted by molar-refractivity contribution is 5.94. The number of pyridine rings is 1. The van der Waals surface area contributed by atoms with E-state index in [0.717, 1.165) is 28.0 Å². The highest BCUT2D eigenvalue weighted by atomic mass is 16.5. The van der Waals surface area contributed by atoms with Crippen molar-refractivity contribution < 1.29 is 14.3 Å². The topological polar surface area (TPSA) is 64.9 Å². The van der Waals surface area contributed by atoms with Gasteiger partial charge in [0.2, 0.25) is 0 Å². The lowest BCUT2D eigenvalue weighted by Gasteiger charge is -2.12. The SMILES string of the molecule is COc1ccc(-c2cn3ccc(C)cc3n2)cc1NC(=O)COc1ccc(C)cc1. The molecule has 2 heterocycles. The fraction of sp³-hybridized carbons (Fsp3) is 0.167. The van der Waals surface area contributed by atoms with E-state index in [4.69, 9.17) is 9.47 Å². The van der Waals surface area contributed by atoms with E-state index in [2.05, 4.69) is 10.3 Å². The number of fused-ring (bicyclic) bond motifs is 1. The zero-order chi connectivity index (χ0) is 21.1. The van der Waals surface area contributed by atoms with Crippen LogP contribution in [0.4, 0.5) is 5.69 Å². The highest BCUT2D eigenvalue weighted by Crippen LogP contribution is 2.30. The maximum Gasteiger partial charge on any atom is 0.262 e. The van der Waals surface area contributed by atoms with Gasteiger partial charge in [0.05, 0.1) is 18.5 Å². The lowest BCUT2D eigenvalue weighted by Crippen LogP contribution is -2.20. The van der Waals surface area contributed by atoms with Crippen LogP contribution in [0.25, 0.3) is 16.9 Å². The summed E-state index contributed by atoms with van der Waals surface area (Å²) in [6.07, 6.45) is 3.94. The zero-order valence-electron chi connectivity index (χ0n) is 17.2. The molecule has 152 valence electrons. The van der Waals surface area contributed by atoms with Crippen LogP contribution >= 0.6 is 0 Å². The summed E-state index contributed by atoms with van der Waals surface area (Å²) in [6.45, 7) is 3.94. The third-order valence-corrected chi connectivity index (χ3v) is 4.78. The predicted octanol–water partition coefficient (Wildman–Crippen LogP) is 4.64. The number of nitrogens with zero attached hydrogens (tertiary/aromatic N) is 2. The summed E-state index contributed by atoms with van der Waals surface area (Å²) < 4.78 is 12.9. The number of nitrogens with one attached hydrogen (secondary N) is 1. The molecule has 0 radical (unpaired) electrons. The van der Waals surface area contributed by atoms with E-state index in [9.17, 15) is 4.79 Å². The van der Waals surface area contributed by atoms with Gasteiger partial charge < -0.3 is 19.2 Å². The number of ether oxygens (including phenoxy) is 2. The molecule has 30 heavy (non-hydrogen) atoms. The second kappa shape index (κ2) is 8.29. The Morgan fingerprint density at radius 2 is 1.83 bits per heavy atom. The van der Waals surface area contributed by atoms with Crippen molar-refractivity contribution >= 4 is 17.2 Å². The maximum atomic E-state index is 12.4. The number of carbonyl (C=O) groups is 1. The van der Waals surface area contributed by atoms with Gasteiger partial charge in [-0.3, -0.25) is 4.79 Å². The second-order valence-corrected chi connectivity index (χ2v) is 7.16. The van der Waals surface area contributed by atoms with Crippen LogP contribution in [0.3, 0.4) is 0 Å². The van der Waals surface area contributed by atoms with Crippen LogP contribution in [0.1, 0.15) is 11.1 Å². The fourth-order valence-electron chi connectivity index (χ4n) is 3.16. The van der Waals surface area contributed by atoms with Crippen LogP contribution in [-0.2, 0) is 4.79 Å². The van der Waals surface area contributed by atoms with E-state index in [-0.39, 0.29) is 12.5 Å². The number of imidazole rings is 1. The highest BCUT2D eigenvalue weighted by Gasteiger charge is 2.12. The van der Waals surface area contributed by atoms with Gasteiger partial charge in [0.1, 0.15) is 17.1 Å². The van der Waals surface area contributed by atoms with Gasteiger partial charge >= 0.3 is 0 Å². The minimum Gasteiger partial charge on any atom is -0.495 e. The molecule has 2 aromatic heterocycles. The van der Waals surface area contributed by atoms with Crippen molar-refractivity contribution in [2.75, 3.05) is 19.0 Å². The fourth-order valence-corrected chi connectivity index (χ4v) is 3.16. The summed E-state index contributed by atoms with van der Waals surface area (Å²) in [5.74, 6) is 0.954. The van der Waals surface area contributed by atoms with Crippen molar-refractivity contribution in [3.05, 3.63) is 78.1 Å². The number of benzene rings is 2. The second-order valence-electron chi connectivity index (χ2n) is 7.16. The molecule has 4 aromatic rings. The van der Waals surface area contributed by atoms with Gasteiger partial charge in [0.15, 0.2) is 6.61 Å². The first-order valence-electron chi connectivity index (χ1n) is 9.65. The number of anilines is 1. The molecule has 0 aliphatic rings. The molecule has 2 aromatic carbocycles. The summed E-state index contributed by atoms with van der Waals surface area (Å²) in [5.41, 5.74) is 5.42. The Morgan fingerprint density at radius 3 is 2.60 bits per heavy atom. The van der Waals surface area contributed by atoms with E-state index >= 15 is 0 Å². The maximum absolute atomic E-state index is 12.4. The molecule has 0 saturated heterocycles. The number of methoxy groups -OCH3 is 1. The minimum absolute atomic E-state index is 0.0932. The Bertz CT molecular complexity index is 1200. The molecule has 0 fully saturated rings. The smallest absolute Gasteiger partial charge is 0.262 e. The first-order chi connectivity index (χ1) is 14.5. The largest absolute Gasteiger partial charge is 0.495 e. The first kappa shape index (κ1) is 19.5. The Labute approximate surface area is 175 Å². The molecule has 0 aliphatic heterocycles. The van der Waals surface area contributed by atoms with Crippen molar-refractivity contribution in [3.63, 3.8) is 0 Å². The van der Waals surface area contributed by atoms with Crippen molar-refractivity contribution in [3.8, 4) is 22.8 Å². The summed E-state index contributed by atoms with van der Waals surface area (Å²) in [6, 6.07) is 17.2. The summed E-state index contributed by atoms with van der Waals surface area (Å²) in [4.78, 5) is 17.1. The number of amides is 1. The van der Waals surface area contributed by atoms with Gasteiger partial charge in [-0.25, -0.2) is 4.98 Å². The van der Waals surface area contributed by atoms with Crippen LogP contribution in [-0.4, -0.2) is 29.0 Å². The number of hydrogen-bond acceptors (Lipinski definition) is 4. The zero-order valence-corrected chi connectivity index (χ0v) is 17.2. The summed E-state index contributed by atoms with van der Waals surface area (Å²) >= 11 is 0. The summed E-state index contributed by atoms with van der Waals surface area (Å²) in [5, 5.41) is 2.87. The van der Waals surface area contributed by atoms with Crippen LogP contribution in [0, 0.1) is 13.8 Å². The Balaban J connectivity index is 1.53. The van der Waals surface area contributed by atoms with Crippen LogP contribution in [0.5, 0.6) is 11.5 Å². The Kier molecular flexibility index (Phi) is 5.39. The van der Waals surface area contributed by atoms with Crippen LogP contribution < -0.4 is 14.8 Å². The lowest BCUT2D eigenvalue weighted by molar-refractivity contribution is -0.118. The number of hydrogen-bond donors (Lipinski definition) is 1. The molecule has 0 spiro atoms. The van der Waals surface area contributed by atoms with E-state index in [1.807, 2.05) is 85.2 Å². The van der Waals surface area contributed by atoms with Crippen LogP contribution in [0.15, 0.2) is 67.0 Å². The molecule has 1 N–H and O–H groups in total. The van der Waals surface area contributed by atoms with Crippen molar-refractivity contribution in [2.24, 2.45) is 0 Å². The van der Waals surface area contributed by atoms with Gasteiger partial charge in [-0.15, -0.1) is 0 Å². The molecule has 6 nitrogen and oxygen atoms in total. The van der Waals surface area contributed by atoms with Crippen LogP contribution in [0.2, 0.25) is 0 Å². The Morgan fingerprint density at radius 1 is 1.03 bits per heavy atom. The van der Waals surface area contributed by atoms with E-state index in [0.29, 0.717) is 17.2 Å². The predicted molar refractivity (Wildman–Crippen MR) is 117 cm³/mol. The molecule has 0 atom stereocenters. The van der Waals surface area contributed by atoms with Gasteiger partial charge in [0, 0.05) is 18.0 Å². The quantitative estimate of drug-likeness (QED) is 0.511. The molecular formula is C24H23N3O3. The number of rotatable bonds is 6. The molecular weight excluding hydrogens is 378 g/mol. The minimum atomic E-state index is -0.267. The molecule has 0 saturated carbocycles. The molecule has 4 rings (SSSR count). The summed E-state index contributed by atoms with van der Waals surface area (Å²) in [7, 11) is 1.57. The van der Waals surface area contributed by atoms with Crippen molar-refractivity contribution in [2.45, 2.75) is 13.8 Å². The number of carbonyl (C=O) groups excluding carboxylic acids is 1. The van der Waals surface area contributed by atoms with Crippen molar-refractivity contribution in [1.29, 1.82) is 0 Å². The molecule has 6 heteroatoms. The number of aryl methyl sites for hydroxylation is 2. The third kappa shape index (κ3) is 4.27. The van der Waals surface area contributed by atoms with Crippen molar-refractivity contribution in [1.82, 2.24) is 9.38 Å². The normalized spacial score (nSPS) is 10.8. The third-order valence-electron chi connectivity index (χ3n) is 4.78. The van der Waals surface area contributed by atoms with Gasteiger partial charge in [-0.05, 0) is 61.9 Å². The average molecular weight is 401 g/mol. The molecule has 0 unspecified atom stereocenters. The molecule has 0 aliphatic carbocycles. The molecule has 0 bridgehead atoms. The standard InChI is InChI=1S/C24H23N3O3/c1-16-4-7-19(8-5-16)30-15-24(28)26-20-13-18(6-9-22(20)29-3)21-14-27-11-10-17(2)12-23(27)25-21/h4-14H,15H2,1-3H3,(H,26,28).